The number of hydrogen-bond donors (Lipinski definition) is 1. The molecule has 4 rings (SSSR count). The van der Waals surface area contributed by atoms with Gasteiger partial charge in [0.1, 0.15) is 12.4 Å². The third-order valence-electron chi connectivity index (χ3n) is 6.16. The van der Waals surface area contributed by atoms with E-state index in [1.807, 2.05) is 6.20 Å². The highest BCUT2D eigenvalue weighted by atomic mass is 16.2. The van der Waals surface area contributed by atoms with Gasteiger partial charge < -0.3 is 14.8 Å². The van der Waals surface area contributed by atoms with Crippen LogP contribution in [0.3, 0.4) is 0 Å². The Hall–Kier alpha value is -2.64. The van der Waals surface area contributed by atoms with Crippen LogP contribution in [-0.4, -0.2) is 50.1 Å². The lowest BCUT2D eigenvalue weighted by Crippen LogP contribution is -2.31. The summed E-state index contributed by atoms with van der Waals surface area (Å²) in [6.45, 7) is 1.02. The Kier molecular flexibility index (Phi) is 5.69. The molecule has 2 aromatic rings. The SMILES string of the molecule is CN(C)C(=O)Cn1cc(NC(=O)[C@H]2CCn3c(cnc3C3CCCCC3)C2)cn1. The monoisotopic (exact) mass is 398 g/mol. The minimum absolute atomic E-state index is 0.00940. The molecule has 1 atom stereocenters. The van der Waals surface area contributed by atoms with E-state index in [2.05, 4.69) is 15.0 Å². The van der Waals surface area contributed by atoms with Crippen molar-refractivity contribution in [1.29, 1.82) is 0 Å². The molecule has 1 aliphatic heterocycles. The molecule has 2 aliphatic rings. The summed E-state index contributed by atoms with van der Waals surface area (Å²) >= 11 is 0. The molecule has 0 radical (unpaired) electrons. The van der Waals surface area contributed by atoms with Crippen molar-refractivity contribution in [2.24, 2.45) is 5.92 Å². The lowest BCUT2D eigenvalue weighted by molar-refractivity contribution is -0.129. The number of rotatable bonds is 5. The van der Waals surface area contributed by atoms with Gasteiger partial charge in [0.05, 0.1) is 11.9 Å². The topological polar surface area (TPSA) is 85.0 Å². The van der Waals surface area contributed by atoms with Crippen molar-refractivity contribution in [2.45, 2.75) is 64.0 Å². The first-order valence-electron chi connectivity index (χ1n) is 10.6. The van der Waals surface area contributed by atoms with Crippen molar-refractivity contribution < 1.29 is 9.59 Å². The van der Waals surface area contributed by atoms with Crippen LogP contribution in [-0.2, 0) is 29.1 Å². The number of nitrogens with one attached hydrogen (secondary N) is 1. The molecule has 8 nitrogen and oxygen atoms in total. The number of imidazole rings is 1. The van der Waals surface area contributed by atoms with E-state index in [4.69, 9.17) is 4.98 Å². The van der Waals surface area contributed by atoms with Crippen LogP contribution in [0.4, 0.5) is 5.69 Å². The number of carbonyl (C=O) groups excluding carboxylic acids is 2. The Bertz CT molecular complexity index is 878. The molecule has 29 heavy (non-hydrogen) atoms. The number of likely N-dealkylation sites (N-methyl/N-ethyl adjacent to an activating group) is 1. The zero-order valence-electron chi connectivity index (χ0n) is 17.3. The smallest absolute Gasteiger partial charge is 0.243 e. The van der Waals surface area contributed by atoms with E-state index >= 15 is 0 Å². The summed E-state index contributed by atoms with van der Waals surface area (Å²) in [5.74, 6) is 1.71. The second-order valence-electron chi connectivity index (χ2n) is 8.49. The number of fused-ring (bicyclic) bond motifs is 1. The molecule has 3 heterocycles. The van der Waals surface area contributed by atoms with Gasteiger partial charge in [-0.05, 0) is 19.3 Å². The van der Waals surface area contributed by atoms with Crippen molar-refractivity contribution in [3.8, 4) is 0 Å². The molecule has 1 N–H and O–H groups in total. The zero-order chi connectivity index (χ0) is 20.4. The zero-order valence-corrected chi connectivity index (χ0v) is 17.3. The average Bonchev–Trinajstić information content (AvgIpc) is 3.34. The van der Waals surface area contributed by atoms with Crippen molar-refractivity contribution in [3.05, 3.63) is 30.1 Å². The highest BCUT2D eigenvalue weighted by Crippen LogP contribution is 2.34. The maximum absolute atomic E-state index is 12.8. The molecule has 0 unspecified atom stereocenters. The Morgan fingerprint density at radius 1 is 1.17 bits per heavy atom. The summed E-state index contributed by atoms with van der Waals surface area (Å²) in [7, 11) is 3.42. The molecular formula is C21H30N6O2. The van der Waals surface area contributed by atoms with Gasteiger partial charge in [0.15, 0.2) is 0 Å². The number of anilines is 1. The third kappa shape index (κ3) is 4.36. The Labute approximate surface area is 171 Å². The highest BCUT2D eigenvalue weighted by Gasteiger charge is 2.29. The first kappa shape index (κ1) is 19.7. The predicted molar refractivity (Wildman–Crippen MR) is 109 cm³/mol. The van der Waals surface area contributed by atoms with Crippen LogP contribution in [0.1, 0.15) is 56.0 Å². The maximum Gasteiger partial charge on any atom is 0.243 e. The molecular weight excluding hydrogens is 368 g/mol. The summed E-state index contributed by atoms with van der Waals surface area (Å²) < 4.78 is 3.90. The molecule has 1 saturated carbocycles. The van der Waals surface area contributed by atoms with Crippen molar-refractivity contribution in [1.82, 2.24) is 24.2 Å². The minimum atomic E-state index is -0.0647. The van der Waals surface area contributed by atoms with Gasteiger partial charge in [-0.3, -0.25) is 14.3 Å². The Morgan fingerprint density at radius 3 is 2.72 bits per heavy atom. The van der Waals surface area contributed by atoms with Gasteiger partial charge in [-0.1, -0.05) is 19.3 Å². The molecule has 0 bridgehead atoms. The summed E-state index contributed by atoms with van der Waals surface area (Å²) in [5, 5.41) is 7.13. The molecule has 0 saturated heterocycles. The van der Waals surface area contributed by atoms with Gasteiger partial charge in [0.25, 0.3) is 0 Å². The first-order valence-corrected chi connectivity index (χ1v) is 10.6. The molecule has 156 valence electrons. The van der Waals surface area contributed by atoms with Crippen LogP contribution in [0.25, 0.3) is 0 Å². The second-order valence-corrected chi connectivity index (χ2v) is 8.49. The molecule has 2 amide bonds. The number of nitrogens with zero attached hydrogens (tertiary/aromatic N) is 5. The van der Waals surface area contributed by atoms with E-state index < -0.39 is 0 Å². The summed E-state index contributed by atoms with van der Waals surface area (Å²) in [5.41, 5.74) is 1.80. The summed E-state index contributed by atoms with van der Waals surface area (Å²) in [6.07, 6.45) is 13.2. The van der Waals surface area contributed by atoms with Gasteiger partial charge in [-0.15, -0.1) is 0 Å². The maximum atomic E-state index is 12.8. The molecule has 0 aromatic carbocycles. The van der Waals surface area contributed by atoms with Gasteiger partial charge in [-0.2, -0.15) is 5.10 Å². The standard InChI is InChI=1S/C21H30N6O2/c1-25(2)19(28)14-26-13-17(11-23-26)24-21(29)16-8-9-27-18(10-16)12-22-20(27)15-6-4-3-5-7-15/h11-13,15-16H,3-10,14H2,1-2H3,(H,24,29)/t16-/m0/s1. The van der Waals surface area contributed by atoms with Crippen LogP contribution >= 0.6 is 0 Å². The molecule has 1 fully saturated rings. The van der Waals surface area contributed by atoms with E-state index in [0.717, 1.165) is 19.4 Å². The van der Waals surface area contributed by atoms with Gasteiger partial charge in [0.2, 0.25) is 11.8 Å². The lowest BCUT2D eigenvalue weighted by Gasteiger charge is -2.27. The van der Waals surface area contributed by atoms with Gasteiger partial charge >= 0.3 is 0 Å². The fraction of sp³-hybridized carbons (Fsp3) is 0.619. The van der Waals surface area contributed by atoms with E-state index in [0.29, 0.717) is 11.6 Å². The fourth-order valence-corrected chi connectivity index (χ4v) is 4.44. The van der Waals surface area contributed by atoms with E-state index in [1.165, 1.54) is 48.5 Å². The van der Waals surface area contributed by atoms with E-state index in [1.54, 1.807) is 31.2 Å². The van der Waals surface area contributed by atoms with Crippen LogP contribution in [0.15, 0.2) is 18.6 Å². The average molecular weight is 399 g/mol. The molecule has 8 heteroatoms. The quantitative estimate of drug-likeness (QED) is 0.838. The van der Waals surface area contributed by atoms with Crippen molar-refractivity contribution in [2.75, 3.05) is 19.4 Å². The number of amides is 2. The molecule has 2 aromatic heterocycles. The first-order chi connectivity index (χ1) is 14.0. The number of aromatic nitrogens is 4. The largest absolute Gasteiger partial charge is 0.347 e. The number of carbonyl (C=O) groups is 2. The summed E-state index contributed by atoms with van der Waals surface area (Å²) in [6, 6.07) is 0. The molecule has 1 aliphatic carbocycles. The number of hydrogen-bond acceptors (Lipinski definition) is 4. The molecule has 0 spiro atoms. The van der Waals surface area contributed by atoms with Gasteiger partial charge in [-0.25, -0.2) is 4.98 Å². The third-order valence-corrected chi connectivity index (χ3v) is 6.16. The van der Waals surface area contributed by atoms with E-state index in [9.17, 15) is 9.59 Å². The minimum Gasteiger partial charge on any atom is -0.347 e. The highest BCUT2D eigenvalue weighted by molar-refractivity contribution is 5.92. The van der Waals surface area contributed by atoms with Crippen LogP contribution in [0, 0.1) is 5.92 Å². The predicted octanol–water partition coefficient (Wildman–Crippen LogP) is 2.42. The van der Waals surface area contributed by atoms with Crippen LogP contribution in [0.2, 0.25) is 0 Å². The van der Waals surface area contributed by atoms with Gasteiger partial charge in [0, 0.05) is 57.0 Å². The normalized spacial score (nSPS) is 19.6. The Balaban J connectivity index is 1.36. The second kappa shape index (κ2) is 8.39. The lowest BCUT2D eigenvalue weighted by atomic mass is 9.88. The fourth-order valence-electron chi connectivity index (χ4n) is 4.44. The Morgan fingerprint density at radius 2 is 1.97 bits per heavy atom. The summed E-state index contributed by atoms with van der Waals surface area (Å²) in [4.78, 5) is 30.8. The van der Waals surface area contributed by atoms with Crippen molar-refractivity contribution in [3.63, 3.8) is 0 Å². The van der Waals surface area contributed by atoms with Crippen LogP contribution in [0.5, 0.6) is 0 Å². The van der Waals surface area contributed by atoms with E-state index in [-0.39, 0.29) is 24.3 Å². The van der Waals surface area contributed by atoms with Crippen LogP contribution < -0.4 is 5.32 Å². The van der Waals surface area contributed by atoms with Crippen molar-refractivity contribution >= 4 is 17.5 Å².